The number of carbonyl (C=O) groups is 1. The van der Waals surface area contributed by atoms with Gasteiger partial charge in [0.15, 0.2) is 0 Å². The predicted octanol–water partition coefficient (Wildman–Crippen LogP) is 6.78. The van der Waals surface area contributed by atoms with Gasteiger partial charge in [-0.3, -0.25) is 4.68 Å². The van der Waals surface area contributed by atoms with E-state index < -0.39 is 35.0 Å². The maximum Gasteiger partial charge on any atom is 0.416 e. The molecule has 0 aliphatic carbocycles. The van der Waals surface area contributed by atoms with Crippen LogP contribution in [0.5, 0.6) is 0 Å². The van der Waals surface area contributed by atoms with E-state index in [1.807, 2.05) is 0 Å². The Morgan fingerprint density at radius 1 is 1.11 bits per heavy atom. The standard InChI is InChI=1S/C28H33F4N3O3/c1-18(23-15-21(28(30,31)32)14-19-16-33-34(5)24(19)23)37-17-27(20-6-8-22(29)9-7-20)10-12-35(13-11-27)25(36)38-26(2,3)4/h6-9,14-16,18H,10-13,17H2,1-5H3. The molecular formula is C28H33F4N3O3. The summed E-state index contributed by atoms with van der Waals surface area (Å²) >= 11 is 0. The first-order valence-corrected chi connectivity index (χ1v) is 12.6. The van der Waals surface area contributed by atoms with Crippen LogP contribution < -0.4 is 0 Å². The van der Waals surface area contributed by atoms with Crippen molar-refractivity contribution in [2.45, 2.75) is 63.8 Å². The highest BCUT2D eigenvalue weighted by molar-refractivity contribution is 5.83. The maximum absolute atomic E-state index is 13.7. The fourth-order valence-electron chi connectivity index (χ4n) is 4.97. The zero-order chi connectivity index (χ0) is 27.9. The second-order valence-electron chi connectivity index (χ2n) is 11.0. The van der Waals surface area contributed by atoms with Crippen LogP contribution in [0.25, 0.3) is 10.9 Å². The van der Waals surface area contributed by atoms with E-state index in [0.29, 0.717) is 42.4 Å². The zero-order valence-electron chi connectivity index (χ0n) is 22.2. The molecule has 0 N–H and O–H groups in total. The van der Waals surface area contributed by atoms with Crippen LogP contribution in [0.2, 0.25) is 0 Å². The normalized spacial score (nSPS) is 17.0. The number of aromatic nitrogens is 2. The lowest BCUT2D eigenvalue weighted by Crippen LogP contribution is -2.48. The third-order valence-electron chi connectivity index (χ3n) is 7.07. The third kappa shape index (κ3) is 5.95. The molecule has 6 nitrogen and oxygen atoms in total. The number of likely N-dealkylation sites (tertiary alicyclic amines) is 1. The first-order valence-electron chi connectivity index (χ1n) is 12.6. The maximum atomic E-state index is 13.7. The van der Waals surface area contributed by atoms with E-state index in [-0.39, 0.29) is 12.4 Å². The van der Waals surface area contributed by atoms with Crippen molar-refractivity contribution in [1.82, 2.24) is 14.7 Å². The van der Waals surface area contributed by atoms with Gasteiger partial charge >= 0.3 is 12.3 Å². The molecule has 4 rings (SSSR count). The lowest BCUT2D eigenvalue weighted by molar-refractivity contribution is -0.137. The van der Waals surface area contributed by atoms with E-state index in [1.165, 1.54) is 18.3 Å². The molecule has 1 fully saturated rings. The van der Waals surface area contributed by atoms with Gasteiger partial charge in [-0.25, -0.2) is 9.18 Å². The van der Waals surface area contributed by atoms with E-state index >= 15 is 0 Å². The van der Waals surface area contributed by atoms with Crippen LogP contribution in [0, 0.1) is 5.82 Å². The first-order chi connectivity index (χ1) is 17.7. The summed E-state index contributed by atoms with van der Waals surface area (Å²) in [5, 5.41) is 4.52. The zero-order valence-corrected chi connectivity index (χ0v) is 22.2. The first kappa shape index (κ1) is 27.9. The fourth-order valence-corrected chi connectivity index (χ4v) is 4.97. The summed E-state index contributed by atoms with van der Waals surface area (Å²) in [6.45, 7) is 8.12. The predicted molar refractivity (Wildman–Crippen MR) is 135 cm³/mol. The Kier molecular flexibility index (Phi) is 7.49. The van der Waals surface area contributed by atoms with Crippen LogP contribution in [0.4, 0.5) is 22.4 Å². The van der Waals surface area contributed by atoms with Crippen LogP contribution in [0.1, 0.15) is 63.3 Å². The van der Waals surface area contributed by atoms with Gasteiger partial charge in [-0.05, 0) is 70.4 Å². The molecule has 0 radical (unpaired) electrons. The number of hydrogen-bond acceptors (Lipinski definition) is 4. The van der Waals surface area contributed by atoms with Crippen molar-refractivity contribution >= 4 is 17.0 Å². The highest BCUT2D eigenvalue weighted by Crippen LogP contribution is 2.40. The van der Waals surface area contributed by atoms with Gasteiger partial charge in [0.05, 0.1) is 30.0 Å². The number of benzene rings is 2. The quantitative estimate of drug-likeness (QED) is 0.338. The molecule has 0 spiro atoms. The molecular weight excluding hydrogens is 502 g/mol. The summed E-state index contributed by atoms with van der Waals surface area (Å²) in [4.78, 5) is 14.3. The molecule has 1 saturated heterocycles. The number of halogens is 4. The molecule has 1 aromatic heterocycles. The van der Waals surface area contributed by atoms with Crippen molar-refractivity contribution in [3.8, 4) is 0 Å². The number of amides is 1. The van der Waals surface area contributed by atoms with Crippen LogP contribution in [0.15, 0.2) is 42.6 Å². The molecule has 0 saturated carbocycles. The Morgan fingerprint density at radius 2 is 1.74 bits per heavy atom. The molecule has 206 valence electrons. The Bertz CT molecular complexity index is 1290. The van der Waals surface area contributed by atoms with Gasteiger partial charge in [-0.15, -0.1) is 0 Å². The SMILES string of the molecule is CC(OCC1(c2ccc(F)cc2)CCN(C(=O)OC(C)(C)C)CC1)c1cc(C(F)(F)F)cc2cnn(C)c12. The topological polar surface area (TPSA) is 56.6 Å². The summed E-state index contributed by atoms with van der Waals surface area (Å²) in [5.74, 6) is -0.369. The van der Waals surface area contributed by atoms with E-state index in [2.05, 4.69) is 5.10 Å². The van der Waals surface area contributed by atoms with Crippen molar-refractivity contribution in [2.24, 2.45) is 7.05 Å². The van der Waals surface area contributed by atoms with Gasteiger partial charge in [0.1, 0.15) is 11.4 Å². The number of carbonyl (C=O) groups excluding carboxylic acids is 1. The number of aryl methyl sites for hydroxylation is 1. The molecule has 3 aromatic rings. The average molecular weight is 536 g/mol. The Labute approximate surface area is 219 Å². The lowest BCUT2D eigenvalue weighted by Gasteiger charge is -2.42. The molecule has 38 heavy (non-hydrogen) atoms. The monoisotopic (exact) mass is 535 g/mol. The van der Waals surface area contributed by atoms with Crippen LogP contribution in [-0.2, 0) is 28.1 Å². The van der Waals surface area contributed by atoms with E-state index in [4.69, 9.17) is 9.47 Å². The summed E-state index contributed by atoms with van der Waals surface area (Å²) < 4.78 is 67.9. The Balaban J connectivity index is 1.60. The number of nitrogens with zero attached hydrogens (tertiary/aromatic N) is 3. The number of rotatable bonds is 5. The van der Waals surface area contributed by atoms with E-state index in [0.717, 1.165) is 17.7 Å². The third-order valence-corrected chi connectivity index (χ3v) is 7.07. The van der Waals surface area contributed by atoms with Crippen LogP contribution >= 0.6 is 0 Å². The lowest BCUT2D eigenvalue weighted by atomic mass is 9.73. The average Bonchev–Trinajstić information content (AvgIpc) is 3.22. The van der Waals surface area contributed by atoms with E-state index in [1.54, 1.807) is 56.5 Å². The summed E-state index contributed by atoms with van der Waals surface area (Å²) in [7, 11) is 1.68. The van der Waals surface area contributed by atoms with Gasteiger partial charge in [0.25, 0.3) is 0 Å². The molecule has 1 atom stereocenters. The minimum atomic E-state index is -4.51. The second-order valence-corrected chi connectivity index (χ2v) is 11.0. The molecule has 1 amide bonds. The van der Waals surface area contributed by atoms with Gasteiger partial charge in [-0.2, -0.15) is 18.3 Å². The molecule has 1 aliphatic rings. The van der Waals surface area contributed by atoms with Crippen molar-refractivity contribution in [1.29, 1.82) is 0 Å². The Hall–Kier alpha value is -3.14. The molecule has 10 heteroatoms. The van der Waals surface area contributed by atoms with Gasteiger partial charge < -0.3 is 14.4 Å². The smallest absolute Gasteiger partial charge is 0.416 e. The molecule has 1 aliphatic heterocycles. The van der Waals surface area contributed by atoms with Crippen LogP contribution in [-0.4, -0.2) is 46.1 Å². The van der Waals surface area contributed by atoms with Crippen molar-refractivity contribution < 1.29 is 31.8 Å². The molecule has 1 unspecified atom stereocenters. The number of fused-ring (bicyclic) bond motifs is 1. The van der Waals surface area contributed by atoms with Crippen LogP contribution in [0.3, 0.4) is 0 Å². The minimum Gasteiger partial charge on any atom is -0.444 e. The number of piperidine rings is 1. The highest BCUT2D eigenvalue weighted by Gasteiger charge is 2.40. The number of alkyl halides is 3. The van der Waals surface area contributed by atoms with Crippen molar-refractivity contribution in [3.05, 3.63) is 65.1 Å². The fraction of sp³-hybridized carbons (Fsp3) is 0.500. The minimum absolute atomic E-state index is 0.178. The van der Waals surface area contributed by atoms with Gasteiger partial charge in [-0.1, -0.05) is 12.1 Å². The number of ether oxygens (including phenoxy) is 2. The number of hydrogen-bond donors (Lipinski definition) is 0. The molecule has 2 heterocycles. The molecule has 0 bridgehead atoms. The summed E-state index contributed by atoms with van der Waals surface area (Å²) in [5.41, 5.74) is -0.139. The van der Waals surface area contributed by atoms with Gasteiger partial charge in [0.2, 0.25) is 0 Å². The second kappa shape index (κ2) is 10.2. The summed E-state index contributed by atoms with van der Waals surface area (Å²) in [6, 6.07) is 8.38. The van der Waals surface area contributed by atoms with E-state index in [9.17, 15) is 22.4 Å². The van der Waals surface area contributed by atoms with Crippen molar-refractivity contribution in [3.63, 3.8) is 0 Å². The van der Waals surface area contributed by atoms with Crippen molar-refractivity contribution in [2.75, 3.05) is 19.7 Å². The largest absolute Gasteiger partial charge is 0.444 e. The summed E-state index contributed by atoms with van der Waals surface area (Å²) in [6.07, 6.45) is -3.14. The van der Waals surface area contributed by atoms with Gasteiger partial charge in [0, 0.05) is 36.5 Å². The highest BCUT2D eigenvalue weighted by atomic mass is 19.4. The molecule has 2 aromatic carbocycles. The Morgan fingerprint density at radius 3 is 2.32 bits per heavy atom.